The third-order valence-corrected chi connectivity index (χ3v) is 4.22. The first-order chi connectivity index (χ1) is 10.2. The van der Waals surface area contributed by atoms with Crippen LogP contribution in [0.5, 0.6) is 0 Å². The van der Waals surface area contributed by atoms with Crippen molar-refractivity contribution in [3.63, 3.8) is 0 Å². The van der Waals surface area contributed by atoms with Gasteiger partial charge in [-0.3, -0.25) is 0 Å². The van der Waals surface area contributed by atoms with Crippen LogP contribution in [0.4, 0.5) is 0 Å². The third kappa shape index (κ3) is 2.94. The van der Waals surface area contributed by atoms with E-state index in [1.54, 1.807) is 6.92 Å². The van der Waals surface area contributed by atoms with Crippen LogP contribution in [-0.2, 0) is 0 Å². The molecule has 0 heterocycles. The smallest absolute Gasteiger partial charge is 0.0976 e. The third-order valence-electron chi connectivity index (χ3n) is 4.22. The largest absolute Gasteiger partial charge is 0.512 e. The average Bonchev–Trinajstić information content (AvgIpc) is 2.34. The highest BCUT2D eigenvalue weighted by Crippen LogP contribution is 2.35. The molecule has 1 N–H and O–H groups in total. The standard InChI is InChI=1S/C21H26O/c1-12-8-14(3)19(15(4)9-12)21(18(7)22)20-16(5)10-13(2)11-17(20)6/h8-11,22H,1-7H3. The zero-order valence-electron chi connectivity index (χ0n) is 14.8. The number of hydrogen-bond acceptors (Lipinski definition) is 1. The van der Waals surface area contributed by atoms with Gasteiger partial charge in [0, 0.05) is 5.57 Å². The molecule has 1 heteroatoms. The minimum absolute atomic E-state index is 0.380. The summed E-state index contributed by atoms with van der Waals surface area (Å²) in [6.45, 7) is 14.5. The van der Waals surface area contributed by atoms with E-state index in [9.17, 15) is 5.11 Å². The highest BCUT2D eigenvalue weighted by molar-refractivity contribution is 5.86. The van der Waals surface area contributed by atoms with Gasteiger partial charge in [0.05, 0.1) is 5.76 Å². The van der Waals surface area contributed by atoms with Gasteiger partial charge >= 0.3 is 0 Å². The lowest BCUT2D eigenvalue weighted by Gasteiger charge is -2.20. The molecule has 0 radical (unpaired) electrons. The normalized spacial score (nSPS) is 10.7. The van der Waals surface area contributed by atoms with E-state index in [-0.39, 0.29) is 0 Å². The first-order valence-corrected chi connectivity index (χ1v) is 7.78. The molecular formula is C21H26O. The minimum atomic E-state index is 0.380. The number of aliphatic hydroxyl groups is 1. The molecule has 0 saturated heterocycles. The van der Waals surface area contributed by atoms with Crippen molar-refractivity contribution in [2.45, 2.75) is 48.5 Å². The Morgan fingerprint density at radius 2 is 0.909 bits per heavy atom. The van der Waals surface area contributed by atoms with E-state index in [2.05, 4.69) is 65.8 Å². The van der Waals surface area contributed by atoms with Gasteiger partial charge in [0.25, 0.3) is 0 Å². The molecule has 116 valence electrons. The molecule has 0 amide bonds. The number of allylic oxidation sites excluding steroid dienone is 1. The number of rotatable bonds is 2. The van der Waals surface area contributed by atoms with Gasteiger partial charge < -0.3 is 5.11 Å². The highest BCUT2D eigenvalue weighted by atomic mass is 16.3. The lowest BCUT2D eigenvalue weighted by Crippen LogP contribution is -2.03. The summed E-state index contributed by atoms with van der Waals surface area (Å²) in [7, 11) is 0. The molecule has 0 aliphatic rings. The summed E-state index contributed by atoms with van der Waals surface area (Å²) < 4.78 is 0. The van der Waals surface area contributed by atoms with Crippen molar-refractivity contribution in [2.24, 2.45) is 0 Å². The van der Waals surface area contributed by atoms with Crippen LogP contribution >= 0.6 is 0 Å². The Bertz CT molecular complexity index is 654. The van der Waals surface area contributed by atoms with Crippen molar-refractivity contribution in [1.29, 1.82) is 0 Å². The number of aryl methyl sites for hydroxylation is 6. The molecule has 0 fully saturated rings. The van der Waals surface area contributed by atoms with E-state index in [0.29, 0.717) is 5.76 Å². The molecule has 0 unspecified atom stereocenters. The number of hydrogen-bond donors (Lipinski definition) is 1. The lowest BCUT2D eigenvalue weighted by molar-refractivity contribution is 0.417. The molecule has 2 aromatic rings. The van der Waals surface area contributed by atoms with Gasteiger partial charge in [-0.15, -0.1) is 0 Å². The van der Waals surface area contributed by atoms with Gasteiger partial charge in [-0.1, -0.05) is 35.4 Å². The fraction of sp³-hybridized carbons (Fsp3) is 0.333. The molecular weight excluding hydrogens is 268 g/mol. The molecule has 0 bridgehead atoms. The predicted molar refractivity (Wildman–Crippen MR) is 95.6 cm³/mol. The molecule has 0 spiro atoms. The maximum absolute atomic E-state index is 10.4. The summed E-state index contributed by atoms with van der Waals surface area (Å²) in [4.78, 5) is 0. The van der Waals surface area contributed by atoms with Crippen molar-refractivity contribution < 1.29 is 5.11 Å². The number of aliphatic hydroxyl groups excluding tert-OH is 1. The molecule has 2 aromatic carbocycles. The maximum Gasteiger partial charge on any atom is 0.0976 e. The first kappa shape index (κ1) is 16.4. The second kappa shape index (κ2) is 6.00. The Hall–Kier alpha value is -2.02. The predicted octanol–water partition coefficient (Wildman–Crippen LogP) is 5.87. The van der Waals surface area contributed by atoms with E-state index < -0.39 is 0 Å². The molecule has 0 aromatic heterocycles. The summed E-state index contributed by atoms with van der Waals surface area (Å²) in [5, 5.41) is 10.4. The van der Waals surface area contributed by atoms with Gasteiger partial charge in [0.15, 0.2) is 0 Å². The summed E-state index contributed by atoms with van der Waals surface area (Å²) in [5.74, 6) is 0.380. The average molecular weight is 294 g/mol. The maximum atomic E-state index is 10.4. The topological polar surface area (TPSA) is 20.2 Å². The molecule has 1 nitrogen and oxygen atoms in total. The Balaban J connectivity index is 2.84. The Labute approximate surface area is 134 Å². The molecule has 22 heavy (non-hydrogen) atoms. The second-order valence-electron chi connectivity index (χ2n) is 6.51. The zero-order chi connectivity index (χ0) is 16.6. The van der Waals surface area contributed by atoms with Crippen LogP contribution in [0.1, 0.15) is 51.4 Å². The van der Waals surface area contributed by atoms with Crippen molar-refractivity contribution >= 4 is 5.57 Å². The van der Waals surface area contributed by atoms with Crippen molar-refractivity contribution in [3.8, 4) is 0 Å². The zero-order valence-corrected chi connectivity index (χ0v) is 14.8. The monoisotopic (exact) mass is 294 g/mol. The molecule has 0 aliphatic heterocycles. The summed E-state index contributed by atoms with van der Waals surface area (Å²) >= 11 is 0. The second-order valence-corrected chi connectivity index (χ2v) is 6.51. The van der Waals surface area contributed by atoms with Crippen LogP contribution in [0.2, 0.25) is 0 Å². The van der Waals surface area contributed by atoms with Gasteiger partial charge in [-0.05, 0) is 81.8 Å². The SMILES string of the molecule is CC(O)=C(c1c(C)cc(C)cc1C)c1c(C)cc(C)cc1C. The number of benzene rings is 2. The van der Waals surface area contributed by atoms with Crippen LogP contribution in [0.15, 0.2) is 30.0 Å². The van der Waals surface area contributed by atoms with Crippen LogP contribution < -0.4 is 0 Å². The minimum Gasteiger partial charge on any atom is -0.512 e. The van der Waals surface area contributed by atoms with E-state index in [0.717, 1.165) is 16.7 Å². The van der Waals surface area contributed by atoms with Crippen LogP contribution in [0, 0.1) is 41.5 Å². The Morgan fingerprint density at radius 1 is 0.636 bits per heavy atom. The Kier molecular flexibility index (Phi) is 4.46. The molecule has 2 rings (SSSR count). The van der Waals surface area contributed by atoms with Crippen molar-refractivity contribution in [3.05, 3.63) is 74.5 Å². The van der Waals surface area contributed by atoms with Gasteiger partial charge in [-0.25, -0.2) is 0 Å². The van der Waals surface area contributed by atoms with Gasteiger partial charge in [0.1, 0.15) is 0 Å². The highest BCUT2D eigenvalue weighted by Gasteiger charge is 2.18. The van der Waals surface area contributed by atoms with Gasteiger partial charge in [-0.2, -0.15) is 0 Å². The summed E-state index contributed by atoms with van der Waals surface area (Å²) in [6.07, 6.45) is 0. The first-order valence-electron chi connectivity index (χ1n) is 7.78. The molecule has 0 atom stereocenters. The van der Waals surface area contributed by atoms with Crippen molar-refractivity contribution in [2.75, 3.05) is 0 Å². The van der Waals surface area contributed by atoms with E-state index in [1.807, 2.05) is 0 Å². The van der Waals surface area contributed by atoms with Crippen LogP contribution in [-0.4, -0.2) is 5.11 Å². The van der Waals surface area contributed by atoms with Crippen molar-refractivity contribution in [1.82, 2.24) is 0 Å². The fourth-order valence-corrected chi connectivity index (χ4v) is 3.64. The van der Waals surface area contributed by atoms with Gasteiger partial charge in [0.2, 0.25) is 0 Å². The summed E-state index contributed by atoms with van der Waals surface area (Å²) in [6, 6.07) is 8.74. The van der Waals surface area contributed by atoms with E-state index >= 15 is 0 Å². The van der Waals surface area contributed by atoms with Crippen LogP contribution in [0.25, 0.3) is 5.57 Å². The lowest BCUT2D eigenvalue weighted by atomic mass is 9.84. The Morgan fingerprint density at radius 3 is 1.14 bits per heavy atom. The van der Waals surface area contributed by atoms with Crippen LogP contribution in [0.3, 0.4) is 0 Å². The molecule has 0 saturated carbocycles. The molecule has 0 aliphatic carbocycles. The fourth-order valence-electron chi connectivity index (χ4n) is 3.64. The van der Waals surface area contributed by atoms with E-state index in [4.69, 9.17) is 0 Å². The quantitative estimate of drug-likeness (QED) is 0.686. The summed E-state index contributed by atoms with van der Waals surface area (Å²) in [5.41, 5.74) is 10.6. The van der Waals surface area contributed by atoms with E-state index in [1.165, 1.54) is 33.4 Å².